The highest BCUT2D eigenvalue weighted by Gasteiger charge is 2.60. The van der Waals surface area contributed by atoms with Crippen LogP contribution < -0.4 is 10.0 Å². The number of carbonyl (C=O) groups is 1. The van der Waals surface area contributed by atoms with Gasteiger partial charge in [-0.1, -0.05) is 49.8 Å². The zero-order valence-electron chi connectivity index (χ0n) is 17.2. The molecule has 2 rings (SSSR count). The third-order valence-electron chi connectivity index (χ3n) is 5.04. The third-order valence-corrected chi connectivity index (χ3v) is 6.56. The van der Waals surface area contributed by atoms with Gasteiger partial charge in [0.25, 0.3) is 0 Å². The molecule has 5 nitrogen and oxygen atoms in total. The first-order valence-electron chi connectivity index (χ1n) is 9.43. The largest absolute Gasteiger partial charge is 0.352 e. The molecular weight excluding hydrogens is 360 g/mol. The van der Waals surface area contributed by atoms with E-state index in [9.17, 15) is 13.2 Å². The molecule has 0 unspecified atom stereocenters. The van der Waals surface area contributed by atoms with E-state index >= 15 is 0 Å². The van der Waals surface area contributed by atoms with Gasteiger partial charge in [0.2, 0.25) is 15.9 Å². The number of hydrogen-bond acceptors (Lipinski definition) is 3. The van der Waals surface area contributed by atoms with Gasteiger partial charge in [-0.25, -0.2) is 13.1 Å². The predicted molar refractivity (Wildman–Crippen MR) is 109 cm³/mol. The minimum absolute atomic E-state index is 0.0282. The van der Waals surface area contributed by atoms with E-state index in [4.69, 9.17) is 0 Å². The van der Waals surface area contributed by atoms with Crippen molar-refractivity contribution >= 4 is 15.9 Å². The van der Waals surface area contributed by atoms with Gasteiger partial charge in [0.15, 0.2) is 0 Å². The predicted octanol–water partition coefficient (Wildman–Crippen LogP) is 3.37. The fourth-order valence-electron chi connectivity index (χ4n) is 3.62. The molecule has 27 heavy (non-hydrogen) atoms. The Labute approximate surface area is 163 Å². The molecule has 1 saturated carbocycles. The van der Waals surface area contributed by atoms with E-state index < -0.39 is 10.0 Å². The second kappa shape index (κ2) is 8.15. The van der Waals surface area contributed by atoms with E-state index in [1.807, 2.05) is 32.0 Å². The maximum atomic E-state index is 12.7. The quantitative estimate of drug-likeness (QED) is 0.666. The zero-order chi connectivity index (χ0) is 20.4. The smallest absolute Gasteiger partial charge is 0.224 e. The third kappa shape index (κ3) is 5.66. The molecule has 150 valence electrons. The highest BCUT2D eigenvalue weighted by molar-refractivity contribution is 7.88. The molecule has 0 aliphatic heterocycles. The van der Waals surface area contributed by atoms with Crippen molar-refractivity contribution in [3.8, 4) is 0 Å². The molecule has 0 bridgehead atoms. The van der Waals surface area contributed by atoms with Gasteiger partial charge in [-0.2, -0.15) is 0 Å². The van der Waals surface area contributed by atoms with Crippen LogP contribution in [0, 0.1) is 17.3 Å². The molecule has 1 aromatic rings. The second-order valence-corrected chi connectivity index (χ2v) is 10.3. The lowest BCUT2D eigenvalue weighted by molar-refractivity contribution is -0.123. The maximum Gasteiger partial charge on any atom is 0.224 e. The first-order valence-corrected chi connectivity index (χ1v) is 11.1. The zero-order valence-corrected chi connectivity index (χ0v) is 18.0. The van der Waals surface area contributed by atoms with Crippen molar-refractivity contribution in [2.24, 2.45) is 17.3 Å². The van der Waals surface area contributed by atoms with Gasteiger partial charge in [-0.3, -0.25) is 4.79 Å². The van der Waals surface area contributed by atoms with E-state index in [0.717, 1.165) is 5.56 Å². The Morgan fingerprint density at radius 1 is 1.19 bits per heavy atom. The van der Waals surface area contributed by atoms with Gasteiger partial charge in [0, 0.05) is 12.6 Å². The minimum atomic E-state index is -3.41. The number of carbonyl (C=O) groups excluding carboxylic acids is 1. The number of benzene rings is 1. The van der Waals surface area contributed by atoms with E-state index in [1.54, 1.807) is 19.9 Å². The van der Waals surface area contributed by atoms with E-state index in [2.05, 4.69) is 30.0 Å². The van der Waals surface area contributed by atoms with Crippen LogP contribution in [0.1, 0.15) is 52.7 Å². The summed E-state index contributed by atoms with van der Waals surface area (Å²) in [6, 6.07) is 7.20. The second-order valence-electron chi connectivity index (χ2n) is 8.59. The molecule has 1 aliphatic carbocycles. The van der Waals surface area contributed by atoms with E-state index in [1.165, 1.54) is 5.57 Å². The summed E-state index contributed by atoms with van der Waals surface area (Å²) in [5.41, 5.74) is 2.72. The lowest BCUT2D eigenvalue weighted by Crippen LogP contribution is -2.32. The van der Waals surface area contributed by atoms with Crippen LogP contribution >= 0.6 is 0 Å². The monoisotopic (exact) mass is 392 g/mol. The van der Waals surface area contributed by atoms with Crippen molar-refractivity contribution in [1.29, 1.82) is 0 Å². The van der Waals surface area contributed by atoms with Crippen molar-refractivity contribution in [3.05, 3.63) is 47.0 Å². The van der Waals surface area contributed by atoms with Crippen LogP contribution in [0.25, 0.3) is 0 Å². The molecule has 2 N–H and O–H groups in total. The lowest BCUT2D eigenvalue weighted by atomic mass is 10.1. The molecule has 0 heterocycles. The molecule has 0 aromatic heterocycles. The summed E-state index contributed by atoms with van der Waals surface area (Å²) in [4.78, 5) is 12.7. The number of amides is 1. The number of allylic oxidation sites excluding steroid dienone is 2. The van der Waals surface area contributed by atoms with E-state index in [0.29, 0.717) is 12.1 Å². The van der Waals surface area contributed by atoms with Crippen molar-refractivity contribution in [3.63, 3.8) is 0 Å². The Kier molecular flexibility index (Phi) is 6.53. The summed E-state index contributed by atoms with van der Waals surface area (Å²) in [7, 11) is -3.41. The summed E-state index contributed by atoms with van der Waals surface area (Å²) in [5.74, 6) is 0.159. The summed E-state index contributed by atoms with van der Waals surface area (Å²) in [6.45, 7) is 12.2. The standard InChI is InChI=1S/C21H32N2O3S/c1-14(2)11-18-19(21(18,5)6)20(24)22-12-16-9-7-8-10-17(16)13-27(25,26)23-15(3)4/h7-11,15,18-19,23H,12-13H2,1-6H3,(H,22,24)/t18-,19-/m0/s1. The molecule has 1 amide bonds. The molecule has 2 atom stereocenters. The average molecular weight is 393 g/mol. The average Bonchev–Trinajstić information content (AvgIpc) is 3.04. The molecule has 0 saturated heterocycles. The van der Waals surface area contributed by atoms with Gasteiger partial charge in [-0.15, -0.1) is 0 Å². The SMILES string of the molecule is CC(C)=C[C@H]1[C@@H](C(=O)NCc2ccccc2CS(=O)(=O)NC(C)C)C1(C)C. The highest BCUT2D eigenvalue weighted by Crippen LogP contribution is 2.59. The topological polar surface area (TPSA) is 75.3 Å². The molecule has 6 heteroatoms. The van der Waals surface area contributed by atoms with Gasteiger partial charge in [0.05, 0.1) is 11.7 Å². The number of nitrogens with one attached hydrogen (secondary N) is 2. The van der Waals surface area contributed by atoms with Crippen molar-refractivity contribution in [1.82, 2.24) is 10.0 Å². The van der Waals surface area contributed by atoms with Crippen LogP contribution in [0.2, 0.25) is 0 Å². The maximum absolute atomic E-state index is 12.7. The van der Waals surface area contributed by atoms with Gasteiger partial charge in [-0.05, 0) is 50.2 Å². The molecular formula is C21H32N2O3S. The number of sulfonamides is 1. The Balaban J connectivity index is 2.05. The van der Waals surface area contributed by atoms with Crippen LogP contribution in [0.5, 0.6) is 0 Å². The summed E-state index contributed by atoms with van der Waals surface area (Å²) < 4.78 is 27.1. The number of hydrogen-bond donors (Lipinski definition) is 2. The Morgan fingerprint density at radius 3 is 2.33 bits per heavy atom. The Morgan fingerprint density at radius 2 is 1.78 bits per heavy atom. The minimum Gasteiger partial charge on any atom is -0.352 e. The molecule has 0 radical (unpaired) electrons. The first kappa shape index (κ1) is 21.6. The van der Waals surface area contributed by atoms with Crippen molar-refractivity contribution in [2.75, 3.05) is 0 Å². The lowest BCUT2D eigenvalue weighted by Gasteiger charge is -2.13. The summed E-state index contributed by atoms with van der Waals surface area (Å²) in [5, 5.41) is 3.00. The summed E-state index contributed by atoms with van der Waals surface area (Å²) in [6.07, 6.45) is 2.17. The van der Waals surface area contributed by atoms with Crippen LogP contribution in [-0.2, 0) is 27.1 Å². The Hall–Kier alpha value is -1.66. The van der Waals surface area contributed by atoms with Crippen LogP contribution in [0.15, 0.2) is 35.9 Å². The summed E-state index contributed by atoms with van der Waals surface area (Å²) >= 11 is 0. The molecule has 1 fully saturated rings. The number of rotatable bonds is 8. The Bertz CT molecular complexity index is 822. The first-order chi connectivity index (χ1) is 12.4. The fraction of sp³-hybridized carbons (Fsp3) is 0.571. The molecule has 1 aromatic carbocycles. The van der Waals surface area contributed by atoms with Crippen molar-refractivity contribution in [2.45, 2.75) is 59.9 Å². The van der Waals surface area contributed by atoms with Crippen molar-refractivity contribution < 1.29 is 13.2 Å². The van der Waals surface area contributed by atoms with Gasteiger partial charge < -0.3 is 5.32 Å². The highest BCUT2D eigenvalue weighted by atomic mass is 32.2. The molecule has 1 aliphatic rings. The van der Waals surface area contributed by atoms with Crippen LogP contribution in [-0.4, -0.2) is 20.4 Å². The van der Waals surface area contributed by atoms with Crippen LogP contribution in [0.3, 0.4) is 0 Å². The van der Waals surface area contributed by atoms with Crippen LogP contribution in [0.4, 0.5) is 0 Å². The van der Waals surface area contributed by atoms with E-state index in [-0.39, 0.29) is 35.0 Å². The normalized spacial score (nSPS) is 21.0. The molecule has 0 spiro atoms. The van der Waals surface area contributed by atoms with Gasteiger partial charge >= 0.3 is 0 Å². The van der Waals surface area contributed by atoms with Gasteiger partial charge in [0.1, 0.15) is 0 Å². The fourth-order valence-corrected chi connectivity index (χ4v) is 5.11.